The molecule has 0 amide bonds. The van der Waals surface area contributed by atoms with E-state index in [1.54, 1.807) is 0 Å². The van der Waals surface area contributed by atoms with Gasteiger partial charge in [0.1, 0.15) is 11.2 Å². The Bertz CT molecular complexity index is 3230. The Kier molecular flexibility index (Phi) is 5.98. The smallest absolute Gasteiger partial charge is 0.135 e. The third kappa shape index (κ3) is 4.27. The first-order valence-electron chi connectivity index (χ1n) is 17.0. The van der Waals surface area contributed by atoms with E-state index < -0.39 is 0 Å². The standard InChI is InChI=1S/C46H26ClN3O/c47-38-14-8-10-28-24-36-32-11-1-5-17-41(32)50(42(36)26-35(28)38)30-20-21-31-27(23-30)9-7-13-34(31)46-45(48-39-15-3-4-16-40(39)49-46)29-19-22-44-37(25-29)33-12-2-6-18-43(33)51-44/h1-26H. The van der Waals surface area contributed by atoms with E-state index in [1.807, 2.05) is 60.7 Å². The van der Waals surface area contributed by atoms with Crippen molar-refractivity contribution in [1.29, 1.82) is 0 Å². The zero-order chi connectivity index (χ0) is 33.6. The number of hydrogen-bond acceptors (Lipinski definition) is 3. The summed E-state index contributed by atoms with van der Waals surface area (Å²) in [7, 11) is 0. The lowest BCUT2D eigenvalue weighted by Gasteiger charge is -2.14. The molecule has 51 heavy (non-hydrogen) atoms. The van der Waals surface area contributed by atoms with Crippen molar-refractivity contribution in [3.05, 3.63) is 163 Å². The lowest BCUT2D eigenvalue weighted by Crippen LogP contribution is -1.97. The fraction of sp³-hybridized carbons (Fsp3) is 0. The number of halogens is 1. The average Bonchev–Trinajstić information content (AvgIpc) is 3.71. The quantitative estimate of drug-likeness (QED) is 0.188. The second kappa shape index (κ2) is 10.8. The summed E-state index contributed by atoms with van der Waals surface area (Å²) in [5.74, 6) is 0. The van der Waals surface area contributed by atoms with Crippen LogP contribution in [-0.4, -0.2) is 14.5 Å². The Labute approximate surface area is 296 Å². The molecule has 0 saturated carbocycles. The lowest BCUT2D eigenvalue weighted by molar-refractivity contribution is 0.669. The van der Waals surface area contributed by atoms with Crippen molar-refractivity contribution in [2.45, 2.75) is 0 Å². The molecular formula is C46H26ClN3O. The molecule has 5 heteroatoms. The first-order chi connectivity index (χ1) is 25.2. The molecule has 0 bridgehead atoms. The maximum absolute atomic E-state index is 6.73. The van der Waals surface area contributed by atoms with Crippen LogP contribution in [0.25, 0.3) is 105 Å². The van der Waals surface area contributed by atoms with E-state index >= 15 is 0 Å². The molecule has 0 aliphatic carbocycles. The molecule has 0 aliphatic heterocycles. The number of furan rings is 1. The molecule has 4 nitrogen and oxygen atoms in total. The largest absolute Gasteiger partial charge is 0.456 e. The molecule has 11 aromatic rings. The van der Waals surface area contributed by atoms with Crippen molar-refractivity contribution >= 4 is 87.9 Å². The fourth-order valence-electron chi connectivity index (χ4n) is 7.86. The summed E-state index contributed by atoms with van der Waals surface area (Å²) in [6, 6.07) is 54.9. The van der Waals surface area contributed by atoms with E-state index in [0.29, 0.717) is 0 Å². The summed E-state index contributed by atoms with van der Waals surface area (Å²) in [5, 5.41) is 9.71. The first-order valence-corrected chi connectivity index (χ1v) is 17.4. The maximum atomic E-state index is 6.73. The summed E-state index contributed by atoms with van der Waals surface area (Å²) >= 11 is 6.73. The van der Waals surface area contributed by atoms with Crippen LogP contribution in [0.15, 0.2) is 162 Å². The van der Waals surface area contributed by atoms with E-state index in [-0.39, 0.29) is 0 Å². The molecule has 0 radical (unpaired) electrons. The number of fused-ring (bicyclic) bond motifs is 9. The van der Waals surface area contributed by atoms with Crippen molar-refractivity contribution in [2.24, 2.45) is 0 Å². The molecule has 0 N–H and O–H groups in total. The third-order valence-electron chi connectivity index (χ3n) is 10.2. The normalized spacial score (nSPS) is 12.0. The minimum absolute atomic E-state index is 0.752. The molecule has 238 valence electrons. The van der Waals surface area contributed by atoms with Gasteiger partial charge >= 0.3 is 0 Å². The number of rotatable bonds is 3. The number of para-hydroxylation sites is 4. The van der Waals surface area contributed by atoms with Gasteiger partial charge in [-0.25, -0.2) is 9.97 Å². The van der Waals surface area contributed by atoms with Crippen molar-refractivity contribution in [3.8, 4) is 28.2 Å². The number of hydrogen-bond donors (Lipinski definition) is 0. The first kappa shape index (κ1) is 28.4. The van der Waals surface area contributed by atoms with Gasteiger partial charge in [0.05, 0.1) is 33.5 Å². The topological polar surface area (TPSA) is 43.9 Å². The highest BCUT2D eigenvalue weighted by Crippen LogP contribution is 2.40. The highest BCUT2D eigenvalue weighted by atomic mass is 35.5. The Morgan fingerprint density at radius 2 is 1.18 bits per heavy atom. The van der Waals surface area contributed by atoms with Gasteiger partial charge in [0, 0.05) is 48.8 Å². The van der Waals surface area contributed by atoms with Gasteiger partial charge in [-0.1, -0.05) is 96.5 Å². The predicted octanol–water partition coefficient (Wildman–Crippen LogP) is 12.9. The fourth-order valence-corrected chi connectivity index (χ4v) is 8.10. The molecule has 3 aromatic heterocycles. The van der Waals surface area contributed by atoms with Gasteiger partial charge in [-0.3, -0.25) is 0 Å². The SMILES string of the molecule is Clc1cccc2cc3c4ccccc4n(-c4ccc5c(-c6nc7ccccc7nc6-c6ccc7oc8ccccc8c7c6)cccc5c4)c3cc12. The van der Waals surface area contributed by atoms with Gasteiger partial charge in [-0.05, 0) is 89.0 Å². The second-order valence-electron chi connectivity index (χ2n) is 13.1. The van der Waals surface area contributed by atoms with Crippen LogP contribution in [-0.2, 0) is 0 Å². The van der Waals surface area contributed by atoms with Crippen molar-refractivity contribution in [3.63, 3.8) is 0 Å². The summed E-state index contributed by atoms with van der Waals surface area (Å²) in [6.45, 7) is 0. The zero-order valence-corrected chi connectivity index (χ0v) is 27.9. The van der Waals surface area contributed by atoms with Crippen LogP contribution in [0.5, 0.6) is 0 Å². The van der Waals surface area contributed by atoms with Gasteiger partial charge in [0.25, 0.3) is 0 Å². The molecule has 0 saturated heterocycles. The van der Waals surface area contributed by atoms with E-state index in [0.717, 1.165) is 98.8 Å². The van der Waals surface area contributed by atoms with Crippen LogP contribution in [0.3, 0.4) is 0 Å². The van der Waals surface area contributed by atoms with Crippen LogP contribution in [0.2, 0.25) is 5.02 Å². The zero-order valence-electron chi connectivity index (χ0n) is 27.1. The van der Waals surface area contributed by atoms with Crippen LogP contribution in [0.1, 0.15) is 0 Å². The van der Waals surface area contributed by atoms with Gasteiger partial charge in [0.15, 0.2) is 0 Å². The van der Waals surface area contributed by atoms with Crippen molar-refractivity contribution in [1.82, 2.24) is 14.5 Å². The molecular weight excluding hydrogens is 646 g/mol. The van der Waals surface area contributed by atoms with E-state index in [9.17, 15) is 0 Å². The number of nitrogens with zero attached hydrogens (tertiary/aromatic N) is 3. The average molecular weight is 672 g/mol. The Morgan fingerprint density at radius 1 is 0.451 bits per heavy atom. The minimum atomic E-state index is 0.752. The molecule has 0 unspecified atom stereocenters. The molecule has 0 spiro atoms. The highest BCUT2D eigenvalue weighted by molar-refractivity contribution is 6.36. The second-order valence-corrected chi connectivity index (χ2v) is 13.5. The summed E-state index contributed by atoms with van der Waals surface area (Å²) in [6.07, 6.45) is 0. The van der Waals surface area contributed by atoms with Gasteiger partial charge in [-0.15, -0.1) is 0 Å². The number of aromatic nitrogens is 3. The molecule has 0 aliphatic rings. The molecule has 8 aromatic carbocycles. The van der Waals surface area contributed by atoms with Crippen LogP contribution in [0, 0.1) is 0 Å². The molecule has 3 heterocycles. The lowest BCUT2D eigenvalue weighted by atomic mass is 9.97. The number of benzene rings is 8. The Hall–Kier alpha value is -6.49. The van der Waals surface area contributed by atoms with Crippen molar-refractivity contribution < 1.29 is 4.42 Å². The van der Waals surface area contributed by atoms with Gasteiger partial charge in [-0.2, -0.15) is 0 Å². The van der Waals surface area contributed by atoms with Gasteiger partial charge in [0.2, 0.25) is 0 Å². The predicted molar refractivity (Wildman–Crippen MR) is 212 cm³/mol. The third-order valence-corrected chi connectivity index (χ3v) is 10.5. The maximum Gasteiger partial charge on any atom is 0.135 e. The monoisotopic (exact) mass is 671 g/mol. The summed E-state index contributed by atoms with van der Waals surface area (Å²) in [4.78, 5) is 10.5. The Balaban J connectivity index is 1.14. The van der Waals surface area contributed by atoms with E-state index in [1.165, 1.54) is 10.8 Å². The minimum Gasteiger partial charge on any atom is -0.456 e. The van der Waals surface area contributed by atoms with Crippen molar-refractivity contribution in [2.75, 3.05) is 0 Å². The highest BCUT2D eigenvalue weighted by Gasteiger charge is 2.19. The van der Waals surface area contributed by atoms with Crippen LogP contribution in [0.4, 0.5) is 0 Å². The molecule has 0 atom stereocenters. The summed E-state index contributed by atoms with van der Waals surface area (Å²) < 4.78 is 8.52. The van der Waals surface area contributed by atoms with E-state index in [4.69, 9.17) is 26.0 Å². The van der Waals surface area contributed by atoms with Crippen LogP contribution < -0.4 is 0 Å². The summed E-state index contributed by atoms with van der Waals surface area (Å²) in [5.41, 5.74) is 10.5. The Morgan fingerprint density at radius 3 is 2.06 bits per heavy atom. The van der Waals surface area contributed by atoms with E-state index in [2.05, 4.69) is 102 Å². The van der Waals surface area contributed by atoms with Crippen LogP contribution >= 0.6 is 11.6 Å². The molecule has 0 fully saturated rings. The van der Waals surface area contributed by atoms with Gasteiger partial charge < -0.3 is 8.98 Å². The molecule has 11 rings (SSSR count).